The summed E-state index contributed by atoms with van der Waals surface area (Å²) in [5, 5.41) is 19.0. The average Bonchev–Trinajstić information content (AvgIpc) is 2.29. The number of aliphatic hydroxyl groups excluding tert-OH is 2. The molecule has 0 amide bonds. The highest BCUT2D eigenvalue weighted by Gasteiger charge is 2.64. The summed E-state index contributed by atoms with van der Waals surface area (Å²) in [4.78, 5) is 0. The van der Waals surface area contributed by atoms with Gasteiger partial charge in [-0.1, -0.05) is 0 Å². The van der Waals surface area contributed by atoms with Crippen molar-refractivity contribution in [2.75, 3.05) is 13.2 Å². The van der Waals surface area contributed by atoms with E-state index in [1.807, 2.05) is 0 Å². The number of halogens is 4. The van der Waals surface area contributed by atoms with Gasteiger partial charge in [-0.2, -0.15) is 13.2 Å². The molecule has 1 heterocycles. The van der Waals surface area contributed by atoms with Crippen molar-refractivity contribution in [3.63, 3.8) is 0 Å². The highest BCUT2D eigenvalue weighted by atomic mass is 19.4. The number of hydrogen-bond acceptors (Lipinski definition) is 3. The standard InChI is InChI=1S/C6H9F4NO2/c7-4-3(13)1-11-5(4,2-12)6(8,9)10/h3-4,11-13H,1-2H2/t3-,4+,5-/m0/s1. The van der Waals surface area contributed by atoms with Crippen LogP contribution in [0.2, 0.25) is 0 Å². The molecule has 0 aromatic heterocycles. The highest BCUT2D eigenvalue weighted by molar-refractivity contribution is 5.09. The molecule has 0 spiro atoms. The Bertz CT molecular complexity index is 198. The van der Waals surface area contributed by atoms with E-state index in [1.165, 1.54) is 0 Å². The fourth-order valence-corrected chi connectivity index (χ4v) is 1.31. The van der Waals surface area contributed by atoms with Crippen LogP contribution in [-0.4, -0.2) is 47.4 Å². The van der Waals surface area contributed by atoms with E-state index in [0.717, 1.165) is 0 Å². The monoisotopic (exact) mass is 203 g/mol. The number of alkyl halides is 4. The number of hydrogen-bond donors (Lipinski definition) is 3. The largest absolute Gasteiger partial charge is 0.411 e. The van der Waals surface area contributed by atoms with Crippen molar-refractivity contribution in [3.8, 4) is 0 Å². The fourth-order valence-electron chi connectivity index (χ4n) is 1.31. The first-order valence-electron chi connectivity index (χ1n) is 3.60. The lowest BCUT2D eigenvalue weighted by molar-refractivity contribution is -0.219. The zero-order valence-electron chi connectivity index (χ0n) is 6.48. The summed E-state index contributed by atoms with van der Waals surface area (Å²) in [5.41, 5.74) is -3.01. The Labute approximate surface area is 71.4 Å². The minimum absolute atomic E-state index is 0.513. The van der Waals surface area contributed by atoms with Crippen LogP contribution in [-0.2, 0) is 0 Å². The van der Waals surface area contributed by atoms with Crippen molar-refractivity contribution in [1.29, 1.82) is 0 Å². The van der Waals surface area contributed by atoms with Gasteiger partial charge in [0.2, 0.25) is 0 Å². The molecule has 1 aliphatic rings. The Morgan fingerprint density at radius 3 is 2.15 bits per heavy atom. The van der Waals surface area contributed by atoms with E-state index in [-0.39, 0.29) is 0 Å². The first-order valence-corrected chi connectivity index (χ1v) is 3.60. The molecule has 3 nitrogen and oxygen atoms in total. The molecule has 0 aromatic carbocycles. The zero-order chi connectivity index (χ0) is 10.3. The van der Waals surface area contributed by atoms with Gasteiger partial charge in [0.25, 0.3) is 0 Å². The molecule has 0 unspecified atom stereocenters. The van der Waals surface area contributed by atoms with Crippen LogP contribution in [0, 0.1) is 0 Å². The molecule has 1 fully saturated rings. The smallest absolute Gasteiger partial charge is 0.394 e. The van der Waals surface area contributed by atoms with Gasteiger partial charge in [-0.05, 0) is 0 Å². The van der Waals surface area contributed by atoms with Crippen molar-refractivity contribution >= 4 is 0 Å². The van der Waals surface area contributed by atoms with Crippen LogP contribution in [0.3, 0.4) is 0 Å². The topological polar surface area (TPSA) is 52.5 Å². The normalized spacial score (nSPS) is 41.1. The molecular formula is C6H9F4NO2. The van der Waals surface area contributed by atoms with Gasteiger partial charge in [-0.3, -0.25) is 5.32 Å². The maximum Gasteiger partial charge on any atom is 0.411 e. The van der Waals surface area contributed by atoms with Crippen LogP contribution < -0.4 is 5.32 Å². The second-order valence-electron chi connectivity index (χ2n) is 2.98. The fraction of sp³-hybridized carbons (Fsp3) is 1.00. The molecule has 13 heavy (non-hydrogen) atoms. The maximum absolute atomic E-state index is 12.9. The Morgan fingerprint density at radius 2 is 2.00 bits per heavy atom. The number of aliphatic hydroxyl groups is 2. The van der Waals surface area contributed by atoms with Gasteiger partial charge in [-0.15, -0.1) is 0 Å². The molecule has 0 aromatic rings. The van der Waals surface area contributed by atoms with E-state index in [2.05, 4.69) is 0 Å². The number of nitrogens with one attached hydrogen (secondary N) is 1. The Kier molecular flexibility index (Phi) is 2.52. The first-order chi connectivity index (χ1) is 5.85. The Morgan fingerprint density at radius 1 is 1.46 bits per heavy atom. The van der Waals surface area contributed by atoms with Crippen LogP contribution in [0.4, 0.5) is 17.6 Å². The molecular weight excluding hydrogens is 194 g/mol. The summed E-state index contributed by atoms with van der Waals surface area (Å²) in [7, 11) is 0. The predicted molar refractivity (Wildman–Crippen MR) is 34.8 cm³/mol. The molecule has 1 saturated heterocycles. The van der Waals surface area contributed by atoms with E-state index in [0.29, 0.717) is 0 Å². The van der Waals surface area contributed by atoms with Crippen LogP contribution in [0.15, 0.2) is 0 Å². The van der Waals surface area contributed by atoms with Gasteiger partial charge in [0.1, 0.15) is 0 Å². The summed E-state index contributed by atoms with van der Waals surface area (Å²) in [6, 6.07) is 0. The second kappa shape index (κ2) is 3.07. The molecule has 78 valence electrons. The van der Waals surface area contributed by atoms with Crippen LogP contribution in [0.5, 0.6) is 0 Å². The minimum atomic E-state index is -4.92. The van der Waals surface area contributed by atoms with Gasteiger partial charge in [0.15, 0.2) is 11.7 Å². The Balaban J connectivity index is 2.95. The third kappa shape index (κ3) is 1.40. The first kappa shape index (κ1) is 10.7. The summed E-state index contributed by atoms with van der Waals surface area (Å²) in [6.07, 6.45) is -9.18. The van der Waals surface area contributed by atoms with Gasteiger partial charge in [0.05, 0.1) is 12.7 Å². The molecule has 0 saturated carbocycles. The van der Waals surface area contributed by atoms with E-state index < -0.39 is 37.1 Å². The maximum atomic E-state index is 12.9. The lowest BCUT2D eigenvalue weighted by atomic mass is 9.95. The summed E-state index contributed by atoms with van der Waals surface area (Å²) in [6.45, 7) is -1.93. The van der Waals surface area contributed by atoms with E-state index in [4.69, 9.17) is 10.2 Å². The lowest BCUT2D eigenvalue weighted by Gasteiger charge is -2.31. The molecule has 7 heteroatoms. The van der Waals surface area contributed by atoms with Crippen molar-refractivity contribution in [2.24, 2.45) is 0 Å². The third-order valence-corrected chi connectivity index (χ3v) is 2.19. The minimum Gasteiger partial charge on any atom is -0.394 e. The van der Waals surface area contributed by atoms with E-state index >= 15 is 0 Å². The van der Waals surface area contributed by atoms with E-state index in [9.17, 15) is 17.6 Å². The number of β-amino-alcohol motifs (C(OH)–C–C–N with tert-alkyl or cyclic N) is 1. The SMILES string of the molecule is OC[C@]1(C(F)(F)F)NC[C@H](O)[C@H]1F. The van der Waals surface area contributed by atoms with Gasteiger partial charge < -0.3 is 10.2 Å². The van der Waals surface area contributed by atoms with Crippen LogP contribution in [0.25, 0.3) is 0 Å². The molecule has 0 aliphatic carbocycles. The Hall–Kier alpha value is -0.400. The van der Waals surface area contributed by atoms with Crippen LogP contribution >= 0.6 is 0 Å². The highest BCUT2D eigenvalue weighted by Crippen LogP contribution is 2.38. The molecule has 3 atom stereocenters. The van der Waals surface area contributed by atoms with Crippen LogP contribution in [0.1, 0.15) is 0 Å². The average molecular weight is 203 g/mol. The van der Waals surface area contributed by atoms with Crippen molar-refractivity contribution in [3.05, 3.63) is 0 Å². The summed E-state index contributed by atoms with van der Waals surface area (Å²) >= 11 is 0. The molecule has 0 radical (unpaired) electrons. The van der Waals surface area contributed by atoms with Gasteiger partial charge in [-0.25, -0.2) is 4.39 Å². The lowest BCUT2D eigenvalue weighted by Crippen LogP contribution is -2.61. The summed E-state index contributed by atoms with van der Waals surface area (Å²) in [5.74, 6) is 0. The zero-order valence-corrected chi connectivity index (χ0v) is 6.48. The quantitative estimate of drug-likeness (QED) is 0.507. The van der Waals surface area contributed by atoms with Gasteiger partial charge >= 0.3 is 6.18 Å². The van der Waals surface area contributed by atoms with Crippen molar-refractivity contribution < 1.29 is 27.8 Å². The van der Waals surface area contributed by atoms with E-state index in [1.54, 1.807) is 5.32 Å². The third-order valence-electron chi connectivity index (χ3n) is 2.19. The predicted octanol–water partition coefficient (Wildman–Crippen LogP) is -0.418. The van der Waals surface area contributed by atoms with Crippen molar-refractivity contribution in [2.45, 2.75) is 24.0 Å². The molecule has 1 aliphatic heterocycles. The summed E-state index contributed by atoms with van der Waals surface area (Å²) < 4.78 is 49.7. The number of rotatable bonds is 1. The molecule has 3 N–H and O–H groups in total. The van der Waals surface area contributed by atoms with Gasteiger partial charge in [0, 0.05) is 6.54 Å². The molecule has 0 bridgehead atoms. The van der Waals surface area contributed by atoms with Crippen molar-refractivity contribution in [1.82, 2.24) is 5.32 Å². The molecule has 1 rings (SSSR count). The second-order valence-corrected chi connectivity index (χ2v) is 2.98.